The van der Waals surface area contributed by atoms with Gasteiger partial charge in [-0.2, -0.15) is 0 Å². The highest BCUT2D eigenvalue weighted by molar-refractivity contribution is 7.22. The van der Waals surface area contributed by atoms with E-state index < -0.39 is 14.2 Å². The molecule has 0 aliphatic carbocycles. The number of aromatic nitrogens is 3. The van der Waals surface area contributed by atoms with E-state index in [1.54, 1.807) is 0 Å². The highest BCUT2D eigenvalue weighted by atomic mass is 28.3. The molecule has 0 bridgehead atoms. The Hall–Kier alpha value is -7.09. The summed E-state index contributed by atoms with van der Waals surface area (Å²) in [5, 5.41) is 6.38. The summed E-state index contributed by atoms with van der Waals surface area (Å²) in [7, 11) is -1.18. The van der Waals surface area contributed by atoms with E-state index in [9.17, 15) is 0 Å². The van der Waals surface area contributed by atoms with Crippen molar-refractivity contribution in [2.75, 3.05) is 4.90 Å². The van der Waals surface area contributed by atoms with Crippen molar-refractivity contribution in [1.29, 1.82) is 0 Å². The number of imidazole rings is 1. The van der Waals surface area contributed by atoms with E-state index in [2.05, 4.69) is 113 Å². The molecule has 0 saturated heterocycles. The first-order valence-corrected chi connectivity index (χ1v) is 21.2. The highest BCUT2D eigenvalue weighted by Gasteiger charge is 2.51. The molecule has 11 rings (SSSR count). The van der Waals surface area contributed by atoms with E-state index in [1.807, 2.05) is 92.1 Å². The van der Waals surface area contributed by atoms with Crippen LogP contribution < -0.4 is 25.6 Å². The molecule has 0 saturated carbocycles. The summed E-state index contributed by atoms with van der Waals surface area (Å²) in [6, 6.07) is 62.2. The number of aryl methyl sites for hydroxylation is 1. The Morgan fingerprint density at radius 3 is 2.12 bits per heavy atom. The normalized spacial score (nSPS) is 13.8. The second kappa shape index (κ2) is 13.0. The minimum absolute atomic E-state index is 0.542. The number of anilines is 3. The molecule has 10 aromatic rings. The molecule has 7 heteroatoms. The predicted octanol–water partition coefficient (Wildman–Crippen LogP) is 9.75. The van der Waals surface area contributed by atoms with Crippen LogP contribution in [0.5, 0.6) is 0 Å². The Balaban J connectivity index is 1.26. The third kappa shape index (κ3) is 4.92. The molecule has 1 unspecified atom stereocenters. The van der Waals surface area contributed by atoms with Crippen molar-refractivity contribution in [3.63, 3.8) is 0 Å². The molecular formula is C50H35FN4OSi. The van der Waals surface area contributed by atoms with Gasteiger partial charge in [-0.1, -0.05) is 133 Å². The van der Waals surface area contributed by atoms with Crippen LogP contribution in [0.25, 0.3) is 44.4 Å². The Bertz CT molecular complexity index is 3090. The first kappa shape index (κ1) is 33.3. The molecule has 0 spiro atoms. The Morgan fingerprint density at radius 1 is 0.649 bits per heavy atom. The van der Waals surface area contributed by atoms with Gasteiger partial charge >= 0.3 is 0 Å². The van der Waals surface area contributed by atoms with Gasteiger partial charge in [0.05, 0.1) is 16.7 Å². The largest absolute Gasteiger partial charge is 0.456 e. The third-order valence-electron chi connectivity index (χ3n) is 11.6. The van der Waals surface area contributed by atoms with E-state index in [0.29, 0.717) is 16.7 Å². The SMILES string of the molecule is Cn1c(-c2cccc(C(F)c3cc4c(c5oc6ccccc6c35)[Si](c3ccccc3)(c3ccccc3)c3ccccc3N4c3ccccn3)c2)nc2ccccc21. The predicted molar refractivity (Wildman–Crippen MR) is 232 cm³/mol. The number of para-hydroxylation sites is 4. The topological polar surface area (TPSA) is 47.1 Å². The zero-order valence-electron chi connectivity index (χ0n) is 31.1. The summed E-state index contributed by atoms with van der Waals surface area (Å²) in [5.41, 5.74) is 7.16. The smallest absolute Gasteiger partial charge is 0.188 e. The number of furan rings is 1. The zero-order chi connectivity index (χ0) is 38.1. The van der Waals surface area contributed by atoms with Crippen LogP contribution in [0.3, 0.4) is 0 Å². The Morgan fingerprint density at radius 2 is 1.35 bits per heavy atom. The van der Waals surface area contributed by atoms with Crippen molar-refractivity contribution in [2.24, 2.45) is 7.05 Å². The molecular weight excluding hydrogens is 720 g/mol. The van der Waals surface area contributed by atoms with Crippen molar-refractivity contribution in [1.82, 2.24) is 14.5 Å². The molecule has 3 aromatic heterocycles. The number of benzene rings is 7. The summed E-state index contributed by atoms with van der Waals surface area (Å²) >= 11 is 0. The lowest BCUT2D eigenvalue weighted by molar-refractivity contribution is 0.404. The van der Waals surface area contributed by atoms with Gasteiger partial charge in [0.1, 0.15) is 22.8 Å². The highest BCUT2D eigenvalue weighted by Crippen LogP contribution is 2.46. The first-order valence-electron chi connectivity index (χ1n) is 19.2. The maximum atomic E-state index is 18.1. The first-order chi connectivity index (χ1) is 28.1. The summed E-state index contributed by atoms with van der Waals surface area (Å²) in [6.45, 7) is 0. The van der Waals surface area contributed by atoms with Crippen LogP contribution in [-0.4, -0.2) is 22.6 Å². The molecule has 272 valence electrons. The maximum Gasteiger partial charge on any atom is 0.188 e. The fraction of sp³-hybridized carbons (Fsp3) is 0.0400. The number of hydrogen-bond acceptors (Lipinski definition) is 4. The van der Waals surface area contributed by atoms with Gasteiger partial charge in [0.15, 0.2) is 14.2 Å². The van der Waals surface area contributed by atoms with Crippen LogP contribution >= 0.6 is 0 Å². The lowest BCUT2D eigenvalue weighted by Gasteiger charge is -2.44. The molecule has 1 aliphatic rings. The lowest BCUT2D eigenvalue weighted by Crippen LogP contribution is -2.77. The molecule has 0 fully saturated rings. The average Bonchev–Trinajstić information content (AvgIpc) is 3.84. The summed E-state index contributed by atoms with van der Waals surface area (Å²) in [6.07, 6.45) is 0.317. The van der Waals surface area contributed by atoms with E-state index in [0.717, 1.165) is 61.2 Å². The number of nitrogens with zero attached hydrogens (tertiary/aromatic N) is 4. The molecule has 57 heavy (non-hydrogen) atoms. The van der Waals surface area contributed by atoms with Crippen LogP contribution in [0.1, 0.15) is 17.3 Å². The standard InChI is InChI=1S/C50H35FN4OSi/c1-54-40-25-10-9-24-39(40)53-50(54)34-18-16-17-33(31-34)47(51)38-32-42-49(48-46(38)37-23-8-12-27-43(37)56-48)57(35-19-4-2-5-20-35,36-21-6-3-7-22-36)44-28-13-11-26-41(44)55(42)45-29-14-15-30-52-45/h2-32,47H,1H3. The van der Waals surface area contributed by atoms with Crippen LogP contribution in [0.2, 0.25) is 0 Å². The van der Waals surface area contributed by atoms with Crippen molar-refractivity contribution < 1.29 is 8.81 Å². The quantitative estimate of drug-likeness (QED) is 0.159. The molecule has 1 aliphatic heterocycles. The van der Waals surface area contributed by atoms with Gasteiger partial charge in [-0.3, -0.25) is 4.90 Å². The monoisotopic (exact) mass is 754 g/mol. The Labute approximate surface area is 330 Å². The molecule has 0 N–H and O–H groups in total. The van der Waals surface area contributed by atoms with Crippen LogP contribution in [-0.2, 0) is 7.05 Å². The number of halogens is 1. The van der Waals surface area contributed by atoms with Gasteiger partial charge in [-0.15, -0.1) is 0 Å². The molecule has 1 atom stereocenters. The van der Waals surface area contributed by atoms with Crippen LogP contribution in [0.15, 0.2) is 193 Å². The number of pyridine rings is 1. The minimum atomic E-state index is -3.19. The number of rotatable bonds is 6. The summed E-state index contributed by atoms with van der Waals surface area (Å²) < 4.78 is 27.3. The van der Waals surface area contributed by atoms with Gasteiger partial charge in [0.25, 0.3) is 0 Å². The molecule has 7 aromatic carbocycles. The minimum Gasteiger partial charge on any atom is -0.456 e. The second-order valence-electron chi connectivity index (χ2n) is 14.7. The van der Waals surface area contributed by atoms with Crippen LogP contribution in [0, 0.1) is 0 Å². The third-order valence-corrected chi connectivity index (χ3v) is 16.5. The molecule has 0 amide bonds. The zero-order valence-corrected chi connectivity index (χ0v) is 32.1. The van der Waals surface area contributed by atoms with Gasteiger partial charge in [0, 0.05) is 46.0 Å². The maximum absolute atomic E-state index is 18.1. The van der Waals surface area contributed by atoms with Crippen LogP contribution in [0.4, 0.5) is 21.6 Å². The van der Waals surface area contributed by atoms with Crippen molar-refractivity contribution in [2.45, 2.75) is 6.17 Å². The van der Waals surface area contributed by atoms with Crippen molar-refractivity contribution in [3.05, 3.63) is 199 Å². The van der Waals surface area contributed by atoms with E-state index >= 15 is 4.39 Å². The number of fused-ring (bicyclic) bond motifs is 7. The number of alkyl halides is 1. The molecule has 5 nitrogen and oxygen atoms in total. The van der Waals surface area contributed by atoms with Gasteiger partial charge in [-0.25, -0.2) is 14.4 Å². The summed E-state index contributed by atoms with van der Waals surface area (Å²) in [5.74, 6) is 1.53. The van der Waals surface area contributed by atoms with Crippen molar-refractivity contribution >= 4 is 79.0 Å². The van der Waals surface area contributed by atoms with E-state index in [4.69, 9.17) is 14.4 Å². The Kier molecular flexibility index (Phi) is 7.59. The number of hydrogen-bond donors (Lipinski definition) is 0. The van der Waals surface area contributed by atoms with E-state index in [-0.39, 0.29) is 0 Å². The average molecular weight is 755 g/mol. The fourth-order valence-electron chi connectivity index (χ4n) is 9.20. The molecule has 4 heterocycles. The van der Waals surface area contributed by atoms with Gasteiger partial charge in [-0.05, 0) is 69.7 Å². The van der Waals surface area contributed by atoms with E-state index in [1.165, 1.54) is 15.6 Å². The second-order valence-corrected chi connectivity index (χ2v) is 18.3. The van der Waals surface area contributed by atoms with Gasteiger partial charge < -0.3 is 8.98 Å². The molecule has 0 radical (unpaired) electrons. The van der Waals surface area contributed by atoms with Crippen molar-refractivity contribution in [3.8, 4) is 11.4 Å². The fourth-order valence-corrected chi connectivity index (χ4v) is 14.4. The lowest BCUT2D eigenvalue weighted by atomic mass is 9.95. The summed E-state index contributed by atoms with van der Waals surface area (Å²) in [4.78, 5) is 12.1. The van der Waals surface area contributed by atoms with Gasteiger partial charge in [0.2, 0.25) is 0 Å².